The summed E-state index contributed by atoms with van der Waals surface area (Å²) in [7, 11) is 1.74. The van der Waals surface area contributed by atoms with Crippen molar-refractivity contribution >= 4 is 25.1 Å². The molecule has 0 radical (unpaired) electrons. The highest BCUT2D eigenvalue weighted by Gasteiger charge is 2.51. The molecular weight excluding hydrogens is 558 g/mol. The highest BCUT2D eigenvalue weighted by Crippen LogP contribution is 2.50. The van der Waals surface area contributed by atoms with E-state index < -0.39 is 25.7 Å². The quantitative estimate of drug-likeness (QED) is 0.353. The van der Waals surface area contributed by atoms with E-state index in [1.54, 1.807) is 14.2 Å². The summed E-state index contributed by atoms with van der Waals surface area (Å²) in [5, 5.41) is 15.6. The maximum Gasteiger partial charge on any atom is 0.319 e. The van der Waals surface area contributed by atoms with E-state index in [9.17, 15) is 13.6 Å². The molecule has 1 saturated carbocycles. The van der Waals surface area contributed by atoms with Gasteiger partial charge in [0.25, 0.3) is 0 Å². The van der Waals surface area contributed by atoms with E-state index in [-0.39, 0.29) is 23.2 Å². The lowest BCUT2D eigenvalue weighted by atomic mass is 9.65. The molecule has 2 N–H and O–H groups in total. The van der Waals surface area contributed by atoms with Gasteiger partial charge in [-0.25, -0.2) is 13.6 Å². The molecule has 1 aliphatic carbocycles. The van der Waals surface area contributed by atoms with Gasteiger partial charge in [0.15, 0.2) is 23.1 Å². The van der Waals surface area contributed by atoms with Crippen LogP contribution in [0.1, 0.15) is 31.2 Å². The number of halogens is 2. The predicted octanol–water partition coefficient (Wildman–Crippen LogP) is 4.51. The van der Waals surface area contributed by atoms with Crippen LogP contribution in [0.4, 0.5) is 19.3 Å². The Labute approximate surface area is 246 Å². The third-order valence-corrected chi connectivity index (χ3v) is 10.5. The number of nitrogens with zero attached hydrogens (tertiary/aromatic N) is 4. The standard InChI is InChI=1S/C30H40F2N6O3Si/c1-40-25-9-6-20(16-26(25)41-2)30-11-10-22(34-29(39)33-21-7-8-23(31)24(32)17-21)18-27(30)37(13-12-30)14-15-38-19-28(35-36-38)42(3,4)5/h6-9,16-17,19,22,27H,10-15,18H2,1-5H3,(H2,33,34,39). The van der Waals surface area contributed by atoms with Crippen LogP contribution in [0.5, 0.6) is 11.5 Å². The third-order valence-electron chi connectivity index (χ3n) is 8.76. The van der Waals surface area contributed by atoms with Crippen molar-refractivity contribution in [2.75, 3.05) is 32.6 Å². The van der Waals surface area contributed by atoms with Crippen LogP contribution >= 0.6 is 0 Å². The number of likely N-dealkylation sites (tertiary alicyclic amines) is 1. The van der Waals surface area contributed by atoms with Crippen LogP contribution < -0.4 is 25.4 Å². The Hall–Kier alpha value is -3.51. The van der Waals surface area contributed by atoms with Crippen LogP contribution in [0.25, 0.3) is 0 Å². The molecule has 3 aromatic rings. The molecule has 2 aromatic carbocycles. The molecule has 0 bridgehead atoms. The average Bonchev–Trinajstić information content (AvgIpc) is 3.59. The molecule has 1 saturated heterocycles. The molecule has 2 heterocycles. The van der Waals surface area contributed by atoms with Crippen molar-refractivity contribution in [2.24, 2.45) is 0 Å². The van der Waals surface area contributed by atoms with Gasteiger partial charge >= 0.3 is 6.03 Å². The Morgan fingerprint density at radius 2 is 1.83 bits per heavy atom. The van der Waals surface area contributed by atoms with Crippen molar-refractivity contribution in [2.45, 2.75) is 69.4 Å². The van der Waals surface area contributed by atoms with Gasteiger partial charge in [0.1, 0.15) is 8.07 Å². The Morgan fingerprint density at radius 3 is 2.52 bits per heavy atom. The lowest BCUT2D eigenvalue weighted by molar-refractivity contribution is 0.132. The van der Waals surface area contributed by atoms with Gasteiger partial charge in [-0.3, -0.25) is 9.58 Å². The number of anilines is 1. The minimum absolute atomic E-state index is 0.0842. The monoisotopic (exact) mass is 598 g/mol. The van der Waals surface area contributed by atoms with Gasteiger partial charge in [-0.05, 0) is 62.1 Å². The van der Waals surface area contributed by atoms with Crippen molar-refractivity contribution < 1.29 is 23.0 Å². The second kappa shape index (κ2) is 12.0. The summed E-state index contributed by atoms with van der Waals surface area (Å²) in [6.45, 7) is 9.24. The van der Waals surface area contributed by atoms with E-state index >= 15 is 0 Å². The zero-order valence-electron chi connectivity index (χ0n) is 24.9. The maximum atomic E-state index is 13.7. The Morgan fingerprint density at radius 1 is 1.05 bits per heavy atom. The minimum atomic E-state index is -1.55. The van der Waals surface area contributed by atoms with Gasteiger partial charge in [-0.1, -0.05) is 30.9 Å². The lowest BCUT2D eigenvalue weighted by Gasteiger charge is -2.45. The van der Waals surface area contributed by atoms with E-state index in [0.29, 0.717) is 11.5 Å². The number of fused-ring (bicyclic) bond motifs is 1. The summed E-state index contributed by atoms with van der Waals surface area (Å²) in [6, 6.07) is 9.17. The Bertz CT molecular complexity index is 1430. The summed E-state index contributed by atoms with van der Waals surface area (Å²) in [6.07, 6.45) is 5.47. The molecule has 226 valence electrons. The van der Waals surface area contributed by atoms with E-state index in [0.717, 1.165) is 62.8 Å². The Kier molecular flexibility index (Phi) is 8.56. The fourth-order valence-electron chi connectivity index (χ4n) is 6.43. The smallest absolute Gasteiger partial charge is 0.319 e. The molecular formula is C30H40F2N6O3Si. The summed E-state index contributed by atoms with van der Waals surface area (Å²) in [4.78, 5) is 15.4. The number of urea groups is 1. The molecule has 5 rings (SSSR count). The number of aromatic nitrogens is 3. The number of rotatable bonds is 9. The molecule has 1 aromatic heterocycles. The van der Waals surface area contributed by atoms with Crippen LogP contribution in [0, 0.1) is 11.6 Å². The molecule has 3 unspecified atom stereocenters. The molecule has 0 spiro atoms. The summed E-state index contributed by atoms with van der Waals surface area (Å²) < 4.78 is 40.1. The molecule has 1 aliphatic heterocycles. The molecule has 12 heteroatoms. The first-order valence-corrected chi connectivity index (χ1v) is 17.9. The molecule has 9 nitrogen and oxygen atoms in total. The van der Waals surface area contributed by atoms with Gasteiger partial charge < -0.3 is 20.1 Å². The number of amides is 2. The van der Waals surface area contributed by atoms with Gasteiger partial charge in [-0.2, -0.15) is 0 Å². The zero-order valence-corrected chi connectivity index (χ0v) is 25.9. The number of benzene rings is 2. The lowest BCUT2D eigenvalue weighted by Crippen LogP contribution is -2.53. The summed E-state index contributed by atoms with van der Waals surface area (Å²) in [5.74, 6) is -0.563. The number of carbonyl (C=O) groups excluding carboxylic acids is 1. The summed E-state index contributed by atoms with van der Waals surface area (Å²) in [5.41, 5.74) is 1.30. The van der Waals surface area contributed by atoms with Gasteiger partial charge in [0.05, 0.1) is 26.1 Å². The van der Waals surface area contributed by atoms with E-state index in [1.165, 1.54) is 11.6 Å². The molecule has 3 atom stereocenters. The van der Waals surface area contributed by atoms with Gasteiger partial charge in [0.2, 0.25) is 0 Å². The topological polar surface area (TPSA) is 93.5 Å². The number of ether oxygens (including phenoxy) is 2. The van der Waals surface area contributed by atoms with Crippen molar-refractivity contribution in [1.29, 1.82) is 0 Å². The first-order valence-electron chi connectivity index (χ1n) is 14.4. The number of carbonyl (C=O) groups is 1. The maximum absolute atomic E-state index is 13.7. The van der Waals surface area contributed by atoms with Crippen molar-refractivity contribution in [3.63, 3.8) is 0 Å². The molecule has 2 aliphatic rings. The number of nitrogens with one attached hydrogen (secondary N) is 2. The van der Waals surface area contributed by atoms with Crippen molar-refractivity contribution in [3.05, 3.63) is 59.8 Å². The van der Waals surface area contributed by atoms with Crippen molar-refractivity contribution in [1.82, 2.24) is 25.2 Å². The first-order chi connectivity index (χ1) is 20.0. The number of hydrogen-bond donors (Lipinski definition) is 2. The number of methoxy groups -OCH3 is 2. The minimum Gasteiger partial charge on any atom is -0.493 e. The molecule has 2 fully saturated rings. The zero-order chi connectivity index (χ0) is 30.1. The highest BCUT2D eigenvalue weighted by atomic mass is 28.3. The average molecular weight is 599 g/mol. The Balaban J connectivity index is 1.35. The van der Waals surface area contributed by atoms with E-state index in [4.69, 9.17) is 9.47 Å². The molecule has 42 heavy (non-hydrogen) atoms. The van der Waals surface area contributed by atoms with Gasteiger partial charge in [0, 0.05) is 42.0 Å². The fraction of sp³-hybridized carbons (Fsp3) is 0.500. The second-order valence-electron chi connectivity index (χ2n) is 12.3. The van der Waals surface area contributed by atoms with Crippen LogP contribution in [-0.2, 0) is 12.0 Å². The largest absolute Gasteiger partial charge is 0.493 e. The van der Waals surface area contributed by atoms with Crippen molar-refractivity contribution in [3.8, 4) is 11.5 Å². The fourth-order valence-corrected chi connectivity index (χ4v) is 7.32. The van der Waals surface area contributed by atoms with Crippen LogP contribution in [0.15, 0.2) is 42.6 Å². The number of hydrogen-bond acceptors (Lipinski definition) is 6. The SMILES string of the molecule is COc1ccc(C23CCC(NC(=O)Nc4ccc(F)c(F)c4)CC2N(CCn2cc([Si](C)(C)C)nn2)CC3)cc1OC. The first kappa shape index (κ1) is 30.0. The van der Waals surface area contributed by atoms with Crippen LogP contribution in [0.2, 0.25) is 19.6 Å². The normalized spacial score (nSPS) is 22.5. The third kappa shape index (κ3) is 6.14. The predicted molar refractivity (Wildman–Crippen MR) is 160 cm³/mol. The second-order valence-corrected chi connectivity index (χ2v) is 17.4. The summed E-state index contributed by atoms with van der Waals surface area (Å²) >= 11 is 0. The van der Waals surface area contributed by atoms with E-state index in [2.05, 4.69) is 63.8 Å². The van der Waals surface area contributed by atoms with Crippen LogP contribution in [0.3, 0.4) is 0 Å². The van der Waals surface area contributed by atoms with E-state index in [1.807, 2.05) is 10.7 Å². The van der Waals surface area contributed by atoms with Gasteiger partial charge in [-0.15, -0.1) is 5.10 Å². The molecule has 2 amide bonds. The highest BCUT2D eigenvalue weighted by molar-refractivity contribution is 6.88. The van der Waals surface area contributed by atoms with Crippen LogP contribution in [-0.4, -0.2) is 73.4 Å².